The predicted molar refractivity (Wildman–Crippen MR) is 77.2 cm³/mol. The van der Waals surface area contributed by atoms with Crippen LogP contribution in [-0.2, 0) is 11.4 Å². The number of fused-ring (bicyclic) bond motifs is 1. The van der Waals surface area contributed by atoms with Gasteiger partial charge in [-0.2, -0.15) is 0 Å². The Morgan fingerprint density at radius 1 is 1.24 bits per heavy atom. The van der Waals surface area contributed by atoms with Gasteiger partial charge in [-0.1, -0.05) is 18.2 Å². The molecule has 0 aliphatic carbocycles. The van der Waals surface area contributed by atoms with Crippen molar-refractivity contribution in [1.29, 1.82) is 0 Å². The molecule has 3 rings (SSSR count). The van der Waals surface area contributed by atoms with Crippen molar-refractivity contribution in [2.75, 3.05) is 18.8 Å². The summed E-state index contributed by atoms with van der Waals surface area (Å²) in [5.74, 6) is -0.365. The highest BCUT2D eigenvalue weighted by molar-refractivity contribution is 7.99. The first kappa shape index (κ1) is 14.8. The minimum atomic E-state index is -0.870. The fourth-order valence-electron chi connectivity index (χ4n) is 3.49. The molecule has 0 spiro atoms. The van der Waals surface area contributed by atoms with E-state index in [1.165, 1.54) is 24.6 Å². The van der Waals surface area contributed by atoms with Gasteiger partial charge in [-0.05, 0) is 25.8 Å². The second-order valence-electron chi connectivity index (χ2n) is 5.56. The molecule has 0 aromatic carbocycles. The first-order chi connectivity index (χ1) is 10.2. The van der Waals surface area contributed by atoms with Crippen molar-refractivity contribution < 1.29 is 15.0 Å². The number of hydrogen-bond donors (Lipinski definition) is 2. The first-order valence-electron chi connectivity index (χ1n) is 7.34. The molecule has 21 heavy (non-hydrogen) atoms. The fraction of sp³-hybridized carbons (Fsp3) is 0.769. The molecule has 1 aromatic rings. The quantitative estimate of drug-likeness (QED) is 0.775. The van der Waals surface area contributed by atoms with Gasteiger partial charge in [-0.25, -0.2) is 0 Å². The monoisotopic (exact) mass is 312 g/mol. The average molecular weight is 312 g/mol. The molecule has 3 heterocycles. The molecule has 2 saturated heterocycles. The zero-order chi connectivity index (χ0) is 14.8. The number of aromatic nitrogens is 3. The summed E-state index contributed by atoms with van der Waals surface area (Å²) in [5, 5.41) is 27.1. The van der Waals surface area contributed by atoms with Crippen molar-refractivity contribution in [1.82, 2.24) is 19.7 Å². The maximum absolute atomic E-state index is 10.8. The molecule has 1 aromatic heterocycles. The summed E-state index contributed by atoms with van der Waals surface area (Å²) in [6.07, 6.45) is 4.64. The third-order valence-corrected chi connectivity index (χ3v) is 5.28. The molecule has 0 bridgehead atoms. The van der Waals surface area contributed by atoms with Crippen LogP contribution in [0.2, 0.25) is 0 Å². The molecule has 2 atom stereocenters. The Balaban J connectivity index is 1.85. The van der Waals surface area contributed by atoms with Gasteiger partial charge in [0.05, 0.1) is 11.8 Å². The molecular formula is C13H20N4O3S. The Bertz CT molecular complexity index is 522. The Kier molecular flexibility index (Phi) is 4.46. The molecule has 116 valence electrons. The number of nitrogens with zero attached hydrogens (tertiary/aromatic N) is 4. The van der Waals surface area contributed by atoms with Gasteiger partial charge in [0.25, 0.3) is 0 Å². The van der Waals surface area contributed by atoms with Crippen LogP contribution in [0.4, 0.5) is 0 Å². The summed E-state index contributed by atoms with van der Waals surface area (Å²) in [6, 6.07) is 0.711. The Hall–Kier alpha value is -1.12. The number of thioether (sulfide) groups is 1. The number of aliphatic carboxylic acids is 1. The number of carbonyl (C=O) groups is 1. The first-order valence-corrected chi connectivity index (χ1v) is 8.32. The third kappa shape index (κ3) is 2.93. The van der Waals surface area contributed by atoms with Gasteiger partial charge < -0.3 is 10.2 Å². The number of aliphatic hydroxyl groups excluding tert-OH is 1. The molecule has 2 fully saturated rings. The van der Waals surface area contributed by atoms with Gasteiger partial charge in [0.15, 0.2) is 11.0 Å². The maximum Gasteiger partial charge on any atom is 0.313 e. The van der Waals surface area contributed by atoms with Crippen LogP contribution in [0.25, 0.3) is 0 Å². The van der Waals surface area contributed by atoms with E-state index in [2.05, 4.69) is 15.1 Å². The molecule has 0 radical (unpaired) electrons. The topological polar surface area (TPSA) is 91.5 Å². The number of hydrogen-bond acceptors (Lipinski definition) is 6. The van der Waals surface area contributed by atoms with E-state index >= 15 is 0 Å². The molecule has 2 unspecified atom stereocenters. The summed E-state index contributed by atoms with van der Waals surface area (Å²) in [4.78, 5) is 13.3. The normalized spacial score (nSPS) is 26.0. The minimum absolute atomic E-state index is 0.0370. The van der Waals surface area contributed by atoms with Crippen LogP contribution in [0.3, 0.4) is 0 Å². The van der Waals surface area contributed by atoms with E-state index in [1.54, 1.807) is 0 Å². The summed E-state index contributed by atoms with van der Waals surface area (Å²) in [5.41, 5.74) is 0. The molecular weight excluding hydrogens is 292 g/mol. The van der Waals surface area contributed by atoms with Crippen LogP contribution < -0.4 is 0 Å². The van der Waals surface area contributed by atoms with E-state index in [0.29, 0.717) is 17.0 Å². The van der Waals surface area contributed by atoms with E-state index in [0.717, 1.165) is 25.9 Å². The molecule has 2 aliphatic heterocycles. The van der Waals surface area contributed by atoms with Crippen LogP contribution in [0.1, 0.15) is 37.5 Å². The van der Waals surface area contributed by atoms with E-state index in [-0.39, 0.29) is 18.4 Å². The largest absolute Gasteiger partial charge is 0.481 e. The molecule has 0 saturated carbocycles. The van der Waals surface area contributed by atoms with Gasteiger partial charge in [-0.3, -0.25) is 14.3 Å². The van der Waals surface area contributed by atoms with Crippen molar-refractivity contribution in [3.63, 3.8) is 0 Å². The van der Waals surface area contributed by atoms with Crippen LogP contribution >= 0.6 is 11.8 Å². The second-order valence-corrected chi connectivity index (χ2v) is 6.51. The molecule has 0 amide bonds. The standard InChI is InChI=1S/C13H20N4O3S/c18-7-11-14-15-13(21-8-12(19)20)17(11)10-4-6-16-5-2-1-3-9(10)16/h9-10,18H,1-8H2,(H,19,20). The van der Waals surface area contributed by atoms with E-state index in [1.807, 2.05) is 4.57 Å². The second kappa shape index (κ2) is 6.33. The van der Waals surface area contributed by atoms with E-state index < -0.39 is 5.97 Å². The number of rotatable bonds is 5. The Labute approximate surface area is 127 Å². The molecule has 8 heteroatoms. The van der Waals surface area contributed by atoms with Crippen LogP contribution in [0.15, 0.2) is 5.16 Å². The number of aliphatic hydroxyl groups is 1. The molecule has 7 nitrogen and oxygen atoms in total. The van der Waals surface area contributed by atoms with E-state index in [9.17, 15) is 9.90 Å². The third-order valence-electron chi connectivity index (χ3n) is 4.35. The summed E-state index contributed by atoms with van der Waals surface area (Å²) in [6.45, 7) is 2.03. The fourth-order valence-corrected chi connectivity index (χ4v) is 4.23. The highest BCUT2D eigenvalue weighted by atomic mass is 32.2. The average Bonchev–Trinajstić information content (AvgIpc) is 3.08. The van der Waals surface area contributed by atoms with Crippen molar-refractivity contribution in [2.45, 2.75) is 49.5 Å². The van der Waals surface area contributed by atoms with Crippen LogP contribution in [-0.4, -0.2) is 60.7 Å². The Morgan fingerprint density at radius 2 is 2.10 bits per heavy atom. The lowest BCUT2D eigenvalue weighted by molar-refractivity contribution is -0.133. The highest BCUT2D eigenvalue weighted by Crippen LogP contribution is 2.37. The highest BCUT2D eigenvalue weighted by Gasteiger charge is 2.38. The van der Waals surface area contributed by atoms with E-state index in [4.69, 9.17) is 5.11 Å². The summed E-state index contributed by atoms with van der Waals surface area (Å²) >= 11 is 1.18. The van der Waals surface area contributed by atoms with Gasteiger partial charge >= 0.3 is 5.97 Å². The van der Waals surface area contributed by atoms with Gasteiger partial charge in [-0.15, -0.1) is 10.2 Å². The summed E-state index contributed by atoms with van der Waals surface area (Å²) in [7, 11) is 0. The lowest BCUT2D eigenvalue weighted by Gasteiger charge is -2.33. The van der Waals surface area contributed by atoms with Gasteiger partial charge in [0.1, 0.15) is 6.61 Å². The van der Waals surface area contributed by atoms with Crippen molar-refractivity contribution in [3.8, 4) is 0 Å². The maximum atomic E-state index is 10.8. The van der Waals surface area contributed by atoms with Crippen molar-refractivity contribution >= 4 is 17.7 Å². The SMILES string of the molecule is O=C(O)CSc1nnc(CO)n1C1CCN2CCCCC12. The van der Waals surface area contributed by atoms with Gasteiger partial charge in [0, 0.05) is 12.6 Å². The number of piperidine rings is 1. The molecule has 2 N–H and O–H groups in total. The van der Waals surface area contributed by atoms with Crippen LogP contribution in [0, 0.1) is 0 Å². The van der Waals surface area contributed by atoms with Crippen LogP contribution in [0.5, 0.6) is 0 Å². The Morgan fingerprint density at radius 3 is 2.86 bits per heavy atom. The molecule has 2 aliphatic rings. The van der Waals surface area contributed by atoms with Crippen molar-refractivity contribution in [2.24, 2.45) is 0 Å². The number of carboxylic acid groups (broad SMARTS) is 1. The smallest absolute Gasteiger partial charge is 0.313 e. The summed E-state index contributed by atoms with van der Waals surface area (Å²) < 4.78 is 1.98. The lowest BCUT2D eigenvalue weighted by Crippen LogP contribution is -2.38. The zero-order valence-corrected chi connectivity index (χ0v) is 12.6. The lowest BCUT2D eigenvalue weighted by atomic mass is 9.99. The predicted octanol–water partition coefficient (Wildman–Crippen LogP) is 0.746. The minimum Gasteiger partial charge on any atom is -0.481 e. The van der Waals surface area contributed by atoms with Crippen molar-refractivity contribution in [3.05, 3.63) is 5.82 Å². The number of carboxylic acids is 1. The zero-order valence-electron chi connectivity index (χ0n) is 11.8. The van der Waals surface area contributed by atoms with Gasteiger partial charge in [0.2, 0.25) is 0 Å².